The number of allylic oxidation sites excluding steroid dienone is 1. The number of hydrogen-bond donors (Lipinski definition) is 2. The number of nitrogens with one attached hydrogen (secondary N) is 1. The zero-order valence-electron chi connectivity index (χ0n) is 14.8. The Morgan fingerprint density at radius 2 is 2.30 bits per heavy atom. The molecule has 1 amide bonds. The first-order valence-corrected chi connectivity index (χ1v) is 8.18. The van der Waals surface area contributed by atoms with Crippen molar-refractivity contribution in [3.05, 3.63) is 41.1 Å². The lowest BCUT2D eigenvalue weighted by Gasteiger charge is -2.03. The van der Waals surface area contributed by atoms with Crippen molar-refractivity contribution in [2.75, 3.05) is 5.73 Å². The Balaban J connectivity index is 1.76. The van der Waals surface area contributed by atoms with Crippen molar-refractivity contribution < 1.29 is 13.8 Å². The van der Waals surface area contributed by atoms with Gasteiger partial charge in [0.1, 0.15) is 5.76 Å². The van der Waals surface area contributed by atoms with Crippen LogP contribution in [0.25, 0.3) is 11.9 Å². The number of aromatic nitrogens is 5. The van der Waals surface area contributed by atoms with Crippen molar-refractivity contribution in [2.45, 2.75) is 26.7 Å². The number of rotatable bonds is 7. The van der Waals surface area contributed by atoms with E-state index in [0.29, 0.717) is 17.9 Å². The third-order valence-electron chi connectivity index (χ3n) is 3.51. The van der Waals surface area contributed by atoms with E-state index < -0.39 is 5.91 Å². The summed E-state index contributed by atoms with van der Waals surface area (Å²) < 4.78 is 11.1. The lowest BCUT2D eigenvalue weighted by atomic mass is 10.2. The van der Waals surface area contributed by atoms with E-state index in [4.69, 9.17) is 10.2 Å². The summed E-state index contributed by atoms with van der Waals surface area (Å²) in [4.78, 5) is 12.4. The smallest absolute Gasteiger partial charge is 0.293 e. The predicted molar refractivity (Wildman–Crippen MR) is 95.9 cm³/mol. The maximum absolute atomic E-state index is 12.4. The van der Waals surface area contributed by atoms with Crippen LogP contribution in [-0.4, -0.2) is 37.4 Å². The molecule has 0 spiro atoms. The molecule has 3 aromatic heterocycles. The number of hydrogen-bond acceptors (Lipinski definition) is 9. The van der Waals surface area contributed by atoms with E-state index in [-0.39, 0.29) is 17.3 Å². The minimum Gasteiger partial charge on any atom is -0.465 e. The zero-order valence-corrected chi connectivity index (χ0v) is 14.8. The van der Waals surface area contributed by atoms with Crippen LogP contribution in [-0.2, 0) is 6.42 Å². The van der Waals surface area contributed by atoms with Crippen molar-refractivity contribution in [3.63, 3.8) is 0 Å². The van der Waals surface area contributed by atoms with Gasteiger partial charge in [0.15, 0.2) is 5.69 Å². The maximum Gasteiger partial charge on any atom is 0.293 e. The van der Waals surface area contributed by atoms with E-state index in [0.717, 1.165) is 12.0 Å². The Morgan fingerprint density at radius 1 is 1.44 bits per heavy atom. The maximum atomic E-state index is 12.4. The first kappa shape index (κ1) is 18.0. The fourth-order valence-corrected chi connectivity index (χ4v) is 2.33. The molecule has 0 saturated heterocycles. The highest BCUT2D eigenvalue weighted by molar-refractivity contribution is 5.94. The van der Waals surface area contributed by atoms with Crippen LogP contribution in [0.4, 0.5) is 5.82 Å². The minimum absolute atomic E-state index is 0.0564. The number of carbonyl (C=O) groups is 1. The summed E-state index contributed by atoms with van der Waals surface area (Å²) in [6.45, 7) is 3.79. The van der Waals surface area contributed by atoms with E-state index in [2.05, 4.69) is 35.8 Å². The Labute approximate surface area is 153 Å². The van der Waals surface area contributed by atoms with Crippen molar-refractivity contribution >= 4 is 24.0 Å². The first-order chi connectivity index (χ1) is 13.1. The molecular weight excluding hydrogens is 352 g/mol. The summed E-state index contributed by atoms with van der Waals surface area (Å²) in [7, 11) is 0. The van der Waals surface area contributed by atoms with Gasteiger partial charge in [0.25, 0.3) is 5.91 Å². The molecule has 0 saturated carbocycles. The average molecular weight is 370 g/mol. The molecule has 0 unspecified atom stereocenters. The van der Waals surface area contributed by atoms with Crippen LogP contribution in [0.5, 0.6) is 0 Å². The number of nitrogens with two attached hydrogens (primary N) is 1. The van der Waals surface area contributed by atoms with Gasteiger partial charge in [-0.25, -0.2) is 10.1 Å². The highest BCUT2D eigenvalue weighted by Crippen LogP contribution is 2.17. The standard InChI is InChI=1S/C16H18N8O3/c1-3-5-12-13(19-23-24(12)15-14(17)21-27-22-15)16(25)20-18-9-10(2)8-11-6-4-7-26-11/h4,6-9H,3,5H2,1-2H3,(H2,17,21)(H,20,25)/b10-8+,18-9-. The van der Waals surface area contributed by atoms with Crippen LogP contribution in [0.3, 0.4) is 0 Å². The molecule has 0 aliphatic rings. The van der Waals surface area contributed by atoms with Crippen LogP contribution in [0.15, 0.2) is 38.1 Å². The summed E-state index contributed by atoms with van der Waals surface area (Å²) in [6.07, 6.45) is 6.16. The molecule has 27 heavy (non-hydrogen) atoms. The van der Waals surface area contributed by atoms with Gasteiger partial charge in [-0.3, -0.25) is 4.79 Å². The number of carbonyl (C=O) groups excluding carboxylic acids is 1. The molecule has 11 heteroatoms. The van der Waals surface area contributed by atoms with Crippen LogP contribution >= 0.6 is 0 Å². The second kappa shape index (κ2) is 8.08. The molecule has 0 aliphatic heterocycles. The van der Waals surface area contributed by atoms with Gasteiger partial charge in [0, 0.05) is 0 Å². The monoisotopic (exact) mass is 370 g/mol. The summed E-state index contributed by atoms with van der Waals surface area (Å²) in [5, 5.41) is 19.0. The summed E-state index contributed by atoms with van der Waals surface area (Å²) in [5.74, 6) is 0.436. The number of anilines is 1. The molecule has 3 rings (SSSR count). The SMILES string of the molecule is CCCc1c(C(=O)N/N=C\C(C)=C\c2ccco2)nnn1-c1nonc1N. The van der Waals surface area contributed by atoms with Gasteiger partial charge in [-0.15, -0.1) is 5.10 Å². The normalized spacial score (nSPS) is 12.0. The van der Waals surface area contributed by atoms with E-state index in [1.807, 2.05) is 19.9 Å². The van der Waals surface area contributed by atoms with Gasteiger partial charge in [0.05, 0.1) is 18.2 Å². The number of nitrogen functional groups attached to an aromatic ring is 1. The Hall–Kier alpha value is -3.76. The number of nitrogens with zero attached hydrogens (tertiary/aromatic N) is 6. The molecule has 0 aliphatic carbocycles. The second-order valence-corrected chi connectivity index (χ2v) is 5.62. The molecule has 0 aromatic carbocycles. The van der Waals surface area contributed by atoms with E-state index in [1.54, 1.807) is 18.4 Å². The lowest BCUT2D eigenvalue weighted by Crippen LogP contribution is -2.20. The van der Waals surface area contributed by atoms with Crippen molar-refractivity contribution in [1.29, 1.82) is 0 Å². The largest absolute Gasteiger partial charge is 0.465 e. The van der Waals surface area contributed by atoms with Crippen molar-refractivity contribution in [2.24, 2.45) is 5.10 Å². The molecule has 0 radical (unpaired) electrons. The number of furan rings is 1. The van der Waals surface area contributed by atoms with Gasteiger partial charge < -0.3 is 10.2 Å². The second-order valence-electron chi connectivity index (χ2n) is 5.62. The highest BCUT2D eigenvalue weighted by atomic mass is 16.6. The van der Waals surface area contributed by atoms with Crippen LogP contribution in [0.1, 0.15) is 42.2 Å². The summed E-state index contributed by atoms with van der Waals surface area (Å²) >= 11 is 0. The van der Waals surface area contributed by atoms with Crippen molar-refractivity contribution in [1.82, 2.24) is 30.7 Å². The van der Waals surface area contributed by atoms with Gasteiger partial charge in [0.2, 0.25) is 11.6 Å². The first-order valence-electron chi connectivity index (χ1n) is 8.18. The number of hydrazone groups is 1. The molecule has 0 fully saturated rings. The third kappa shape index (κ3) is 4.08. The highest BCUT2D eigenvalue weighted by Gasteiger charge is 2.23. The number of amides is 1. The van der Waals surface area contributed by atoms with Crippen LogP contribution < -0.4 is 11.2 Å². The molecule has 3 N–H and O–H groups in total. The fraction of sp³-hybridized carbons (Fsp3) is 0.250. The van der Waals surface area contributed by atoms with Gasteiger partial charge in [-0.1, -0.05) is 18.6 Å². The Morgan fingerprint density at radius 3 is 2.96 bits per heavy atom. The van der Waals surface area contributed by atoms with Crippen LogP contribution in [0, 0.1) is 0 Å². The molecular formula is C16H18N8O3. The molecule has 140 valence electrons. The topological polar surface area (TPSA) is 150 Å². The zero-order chi connectivity index (χ0) is 19.2. The quantitative estimate of drug-likeness (QED) is 0.470. The van der Waals surface area contributed by atoms with Gasteiger partial charge in [-0.05, 0) is 47.4 Å². The lowest BCUT2D eigenvalue weighted by molar-refractivity contribution is 0.0949. The van der Waals surface area contributed by atoms with Gasteiger partial charge >= 0.3 is 0 Å². The summed E-state index contributed by atoms with van der Waals surface area (Å²) in [6, 6.07) is 3.60. The van der Waals surface area contributed by atoms with E-state index in [9.17, 15) is 4.79 Å². The minimum atomic E-state index is -0.498. The molecule has 3 aromatic rings. The summed E-state index contributed by atoms with van der Waals surface area (Å²) in [5.41, 5.74) is 9.59. The Bertz CT molecular complexity index is 968. The van der Waals surface area contributed by atoms with E-state index in [1.165, 1.54) is 10.9 Å². The van der Waals surface area contributed by atoms with Crippen molar-refractivity contribution in [3.8, 4) is 5.82 Å². The molecule has 0 atom stereocenters. The molecule has 3 heterocycles. The third-order valence-corrected chi connectivity index (χ3v) is 3.51. The van der Waals surface area contributed by atoms with E-state index >= 15 is 0 Å². The molecule has 0 bridgehead atoms. The average Bonchev–Trinajstić information content (AvgIpc) is 3.36. The predicted octanol–water partition coefficient (Wildman–Crippen LogP) is 1.60. The fourth-order valence-electron chi connectivity index (χ4n) is 2.33. The Kier molecular flexibility index (Phi) is 5.40. The van der Waals surface area contributed by atoms with Gasteiger partial charge in [-0.2, -0.15) is 9.78 Å². The van der Waals surface area contributed by atoms with Crippen LogP contribution in [0.2, 0.25) is 0 Å². The molecule has 11 nitrogen and oxygen atoms in total.